The highest BCUT2D eigenvalue weighted by molar-refractivity contribution is 5.68. The molecule has 1 aliphatic heterocycles. The molecule has 10 heteroatoms. The first kappa shape index (κ1) is 18.8. The largest absolute Gasteiger partial charge is 0.465 e. The standard InChI is InChI=1S/C13H18O10/c1-6(15)20-10-9(4-19-5-14)23-13(18)12(22-8(3)17)11(10)21-7(2)16/h5,9-13,18H,4H2,1-3H3/t9-,10-,11+,12+,13+/m1/s1. The van der Waals surface area contributed by atoms with E-state index in [-0.39, 0.29) is 13.1 Å². The molecule has 5 atom stereocenters. The molecule has 0 aromatic rings. The fraction of sp³-hybridized carbons (Fsp3) is 0.692. The maximum absolute atomic E-state index is 11.3. The van der Waals surface area contributed by atoms with Crippen molar-refractivity contribution in [3.63, 3.8) is 0 Å². The highest BCUT2D eigenvalue weighted by atomic mass is 16.7. The number of aliphatic hydroxyl groups excluding tert-OH is 1. The van der Waals surface area contributed by atoms with E-state index in [0.29, 0.717) is 0 Å². The van der Waals surface area contributed by atoms with Gasteiger partial charge in [0.15, 0.2) is 24.6 Å². The smallest absolute Gasteiger partial charge is 0.303 e. The van der Waals surface area contributed by atoms with Gasteiger partial charge in [0.25, 0.3) is 6.47 Å². The molecule has 1 aliphatic rings. The molecule has 0 unspecified atom stereocenters. The number of hydrogen-bond donors (Lipinski definition) is 1. The van der Waals surface area contributed by atoms with E-state index in [1.54, 1.807) is 0 Å². The summed E-state index contributed by atoms with van der Waals surface area (Å²) in [6, 6.07) is 0. The molecule has 1 N–H and O–H groups in total. The predicted octanol–water partition coefficient (Wildman–Crippen LogP) is -1.33. The van der Waals surface area contributed by atoms with Crippen LogP contribution in [0.1, 0.15) is 20.8 Å². The second kappa shape index (κ2) is 8.44. The van der Waals surface area contributed by atoms with E-state index in [4.69, 9.17) is 18.9 Å². The van der Waals surface area contributed by atoms with Crippen LogP contribution < -0.4 is 0 Å². The average Bonchev–Trinajstić information content (AvgIpc) is 2.42. The number of aliphatic hydroxyl groups is 1. The lowest BCUT2D eigenvalue weighted by atomic mass is 9.98. The van der Waals surface area contributed by atoms with Crippen LogP contribution in [0.15, 0.2) is 0 Å². The molecule has 1 heterocycles. The van der Waals surface area contributed by atoms with Gasteiger partial charge in [0.2, 0.25) is 0 Å². The van der Waals surface area contributed by atoms with Gasteiger partial charge < -0.3 is 28.8 Å². The van der Waals surface area contributed by atoms with Crippen molar-refractivity contribution in [1.82, 2.24) is 0 Å². The number of rotatable bonds is 6. The van der Waals surface area contributed by atoms with Gasteiger partial charge in [-0.3, -0.25) is 19.2 Å². The quantitative estimate of drug-likeness (QED) is 0.353. The molecule has 0 radical (unpaired) electrons. The molecule has 130 valence electrons. The van der Waals surface area contributed by atoms with Gasteiger partial charge in [-0.2, -0.15) is 0 Å². The van der Waals surface area contributed by atoms with Crippen LogP contribution in [0.25, 0.3) is 0 Å². The van der Waals surface area contributed by atoms with E-state index < -0.39 is 48.6 Å². The zero-order valence-corrected chi connectivity index (χ0v) is 12.8. The first-order valence-corrected chi connectivity index (χ1v) is 6.66. The van der Waals surface area contributed by atoms with Gasteiger partial charge >= 0.3 is 17.9 Å². The minimum atomic E-state index is -1.67. The molecule has 23 heavy (non-hydrogen) atoms. The molecule has 0 aromatic carbocycles. The zero-order chi connectivity index (χ0) is 17.6. The molecular weight excluding hydrogens is 316 g/mol. The van der Waals surface area contributed by atoms with Crippen LogP contribution in [0.2, 0.25) is 0 Å². The van der Waals surface area contributed by atoms with Crippen molar-refractivity contribution >= 4 is 24.4 Å². The van der Waals surface area contributed by atoms with Crippen LogP contribution in [-0.4, -0.2) is 66.8 Å². The highest BCUT2D eigenvalue weighted by Crippen LogP contribution is 2.27. The zero-order valence-electron chi connectivity index (χ0n) is 12.8. The summed E-state index contributed by atoms with van der Waals surface area (Å²) >= 11 is 0. The molecule has 1 saturated heterocycles. The Morgan fingerprint density at radius 2 is 1.43 bits per heavy atom. The van der Waals surface area contributed by atoms with Crippen LogP contribution in [-0.2, 0) is 42.9 Å². The number of hydrogen-bond acceptors (Lipinski definition) is 10. The third kappa shape index (κ3) is 5.49. The van der Waals surface area contributed by atoms with Crippen LogP contribution in [0.4, 0.5) is 0 Å². The van der Waals surface area contributed by atoms with Crippen LogP contribution in [0.3, 0.4) is 0 Å². The molecule has 0 saturated carbocycles. The Bertz CT molecular complexity index is 462. The Balaban J connectivity index is 3.10. The molecule has 1 rings (SSSR count). The second-order valence-electron chi connectivity index (χ2n) is 4.72. The maximum Gasteiger partial charge on any atom is 0.303 e. The van der Waals surface area contributed by atoms with Crippen molar-refractivity contribution in [2.75, 3.05) is 6.61 Å². The summed E-state index contributed by atoms with van der Waals surface area (Å²) in [6.07, 6.45) is -6.77. The van der Waals surface area contributed by atoms with Gasteiger partial charge in [0.05, 0.1) is 0 Å². The maximum atomic E-state index is 11.3. The fourth-order valence-electron chi connectivity index (χ4n) is 2.14. The van der Waals surface area contributed by atoms with Crippen LogP contribution >= 0.6 is 0 Å². The van der Waals surface area contributed by atoms with Crippen molar-refractivity contribution in [2.24, 2.45) is 0 Å². The molecule has 0 aromatic heterocycles. The van der Waals surface area contributed by atoms with E-state index in [9.17, 15) is 24.3 Å². The van der Waals surface area contributed by atoms with Gasteiger partial charge in [-0.15, -0.1) is 0 Å². The minimum Gasteiger partial charge on any atom is -0.465 e. The van der Waals surface area contributed by atoms with Crippen LogP contribution in [0, 0.1) is 0 Å². The highest BCUT2D eigenvalue weighted by Gasteiger charge is 2.51. The van der Waals surface area contributed by atoms with Gasteiger partial charge in [-0.05, 0) is 0 Å². The summed E-state index contributed by atoms with van der Waals surface area (Å²) in [5.41, 5.74) is 0. The van der Waals surface area contributed by atoms with E-state index in [0.717, 1.165) is 20.8 Å². The van der Waals surface area contributed by atoms with E-state index >= 15 is 0 Å². The normalized spacial score (nSPS) is 30.0. The van der Waals surface area contributed by atoms with Crippen molar-refractivity contribution in [1.29, 1.82) is 0 Å². The number of esters is 3. The first-order valence-electron chi connectivity index (χ1n) is 6.66. The van der Waals surface area contributed by atoms with Crippen molar-refractivity contribution in [3.8, 4) is 0 Å². The molecule has 10 nitrogen and oxygen atoms in total. The second-order valence-corrected chi connectivity index (χ2v) is 4.72. The van der Waals surface area contributed by atoms with Crippen molar-refractivity contribution < 1.29 is 48.0 Å². The molecule has 1 fully saturated rings. The molecule has 0 aliphatic carbocycles. The first-order chi connectivity index (χ1) is 10.8. The van der Waals surface area contributed by atoms with Gasteiger partial charge in [0, 0.05) is 20.8 Å². The van der Waals surface area contributed by atoms with Gasteiger partial charge in [-0.1, -0.05) is 0 Å². The Kier molecular flexibility index (Phi) is 6.91. The summed E-state index contributed by atoms with van der Waals surface area (Å²) in [4.78, 5) is 44.1. The monoisotopic (exact) mass is 334 g/mol. The summed E-state index contributed by atoms with van der Waals surface area (Å²) in [5.74, 6) is -2.25. The molecule has 0 bridgehead atoms. The van der Waals surface area contributed by atoms with E-state index in [2.05, 4.69) is 4.74 Å². The lowest BCUT2D eigenvalue weighted by Gasteiger charge is -2.42. The number of carbonyl (C=O) groups is 4. The average molecular weight is 334 g/mol. The molecule has 0 amide bonds. The Morgan fingerprint density at radius 1 is 0.957 bits per heavy atom. The predicted molar refractivity (Wildman–Crippen MR) is 69.6 cm³/mol. The third-order valence-corrected chi connectivity index (χ3v) is 2.84. The Hall–Kier alpha value is -2.20. The Morgan fingerprint density at radius 3 is 1.91 bits per heavy atom. The summed E-state index contributed by atoms with van der Waals surface area (Å²) in [7, 11) is 0. The Labute approximate surface area is 131 Å². The lowest BCUT2D eigenvalue weighted by Crippen LogP contribution is -2.62. The fourth-order valence-corrected chi connectivity index (χ4v) is 2.14. The van der Waals surface area contributed by atoms with E-state index in [1.165, 1.54) is 0 Å². The van der Waals surface area contributed by atoms with Gasteiger partial charge in [-0.25, -0.2) is 0 Å². The minimum absolute atomic E-state index is 0.138. The lowest BCUT2D eigenvalue weighted by molar-refractivity contribution is -0.295. The van der Waals surface area contributed by atoms with E-state index in [1.807, 2.05) is 0 Å². The molecule has 0 spiro atoms. The number of ether oxygens (including phenoxy) is 5. The summed E-state index contributed by atoms with van der Waals surface area (Å²) in [5, 5.41) is 9.95. The van der Waals surface area contributed by atoms with Crippen molar-refractivity contribution in [3.05, 3.63) is 0 Å². The van der Waals surface area contributed by atoms with Gasteiger partial charge in [0.1, 0.15) is 12.7 Å². The SMILES string of the molecule is CC(=O)O[C@@H]1[C@H](OC(C)=O)[C@@H](O)O[C@H](COC=O)[C@H]1OC(C)=O. The van der Waals surface area contributed by atoms with Crippen molar-refractivity contribution in [2.45, 2.75) is 51.5 Å². The number of carbonyl (C=O) groups excluding carboxylic acids is 4. The molecular formula is C13H18O10. The summed E-state index contributed by atoms with van der Waals surface area (Å²) < 4.78 is 24.6. The summed E-state index contributed by atoms with van der Waals surface area (Å²) in [6.45, 7) is 3.05. The van der Waals surface area contributed by atoms with Crippen LogP contribution in [0.5, 0.6) is 0 Å². The topological polar surface area (TPSA) is 135 Å². The third-order valence-electron chi connectivity index (χ3n) is 2.84.